The van der Waals surface area contributed by atoms with Crippen molar-refractivity contribution in [2.45, 2.75) is 4.90 Å². The van der Waals surface area contributed by atoms with Crippen molar-refractivity contribution in [1.82, 2.24) is 10.3 Å². The molecule has 8 nitrogen and oxygen atoms in total. The number of thiazole rings is 1. The predicted molar refractivity (Wildman–Crippen MR) is 96.8 cm³/mol. The Morgan fingerprint density at radius 2 is 1.85 bits per heavy atom. The van der Waals surface area contributed by atoms with Gasteiger partial charge in [0.15, 0.2) is 5.13 Å². The number of aliphatic carboxylic acids is 1. The summed E-state index contributed by atoms with van der Waals surface area (Å²) in [7, 11) is -3.94. The molecule has 0 bridgehead atoms. The molecule has 1 aromatic heterocycles. The van der Waals surface area contributed by atoms with E-state index in [1.165, 1.54) is 18.2 Å². The molecule has 27 heavy (non-hydrogen) atoms. The van der Waals surface area contributed by atoms with E-state index in [0.717, 1.165) is 35.6 Å². The molecule has 3 N–H and O–H groups in total. The van der Waals surface area contributed by atoms with Crippen LogP contribution in [0.1, 0.15) is 10.4 Å². The van der Waals surface area contributed by atoms with Crippen molar-refractivity contribution in [3.05, 3.63) is 53.8 Å². The van der Waals surface area contributed by atoms with Crippen molar-refractivity contribution in [2.24, 2.45) is 0 Å². The summed E-state index contributed by atoms with van der Waals surface area (Å²) in [5, 5.41) is 10.9. The van der Waals surface area contributed by atoms with Gasteiger partial charge in [0.25, 0.3) is 15.9 Å². The van der Waals surface area contributed by atoms with Crippen molar-refractivity contribution < 1.29 is 27.5 Å². The fourth-order valence-electron chi connectivity index (χ4n) is 2.16. The summed E-state index contributed by atoms with van der Waals surface area (Å²) in [4.78, 5) is 26.4. The van der Waals surface area contributed by atoms with Gasteiger partial charge in [-0.3, -0.25) is 14.3 Å². The highest BCUT2D eigenvalue weighted by atomic mass is 32.2. The molecule has 0 saturated carbocycles. The molecule has 3 aromatic rings. The third kappa shape index (κ3) is 4.38. The highest BCUT2D eigenvalue weighted by molar-refractivity contribution is 7.93. The maximum absolute atomic E-state index is 13.0. The van der Waals surface area contributed by atoms with Crippen LogP contribution >= 0.6 is 11.3 Å². The molecule has 0 spiro atoms. The Kier molecular flexibility index (Phi) is 5.06. The number of nitrogens with zero attached hydrogens (tertiary/aromatic N) is 1. The van der Waals surface area contributed by atoms with Gasteiger partial charge in [0, 0.05) is 5.56 Å². The highest BCUT2D eigenvalue weighted by Crippen LogP contribution is 2.28. The molecule has 2 aromatic carbocycles. The number of amides is 1. The minimum atomic E-state index is -3.94. The molecule has 11 heteroatoms. The first-order valence-corrected chi connectivity index (χ1v) is 9.73. The minimum Gasteiger partial charge on any atom is -0.480 e. The Morgan fingerprint density at radius 1 is 1.15 bits per heavy atom. The molecule has 1 heterocycles. The summed E-state index contributed by atoms with van der Waals surface area (Å²) in [6, 6.07) is 8.81. The Bertz CT molecular complexity index is 1130. The number of hydrogen-bond donors (Lipinski definition) is 3. The van der Waals surface area contributed by atoms with Gasteiger partial charge in [-0.05, 0) is 42.5 Å². The number of carboxylic acids is 1. The van der Waals surface area contributed by atoms with Crippen molar-refractivity contribution >= 4 is 48.6 Å². The second-order valence-electron chi connectivity index (χ2n) is 5.34. The highest BCUT2D eigenvalue weighted by Gasteiger charge is 2.17. The molecule has 0 fully saturated rings. The first-order chi connectivity index (χ1) is 12.7. The van der Waals surface area contributed by atoms with Crippen LogP contribution < -0.4 is 10.0 Å². The zero-order chi connectivity index (χ0) is 19.6. The summed E-state index contributed by atoms with van der Waals surface area (Å²) in [5.41, 5.74) is 0.687. The lowest BCUT2D eigenvalue weighted by atomic mass is 10.2. The average Bonchev–Trinajstić information content (AvgIpc) is 3.00. The standard InChI is InChI=1S/C16H12FN3O5S2/c17-10-2-4-11(5-3-10)27(24,25)20-16-19-12-6-1-9(7-13(12)26-16)15(23)18-8-14(21)22/h1-7H,8H2,(H,18,23)(H,19,20)(H,21,22). The van der Waals surface area contributed by atoms with E-state index >= 15 is 0 Å². The Labute approximate surface area is 156 Å². The Hall–Kier alpha value is -3.05. The van der Waals surface area contributed by atoms with Gasteiger partial charge in [-0.15, -0.1) is 0 Å². The first-order valence-electron chi connectivity index (χ1n) is 7.43. The molecule has 0 unspecified atom stereocenters. The van der Waals surface area contributed by atoms with Gasteiger partial charge >= 0.3 is 5.97 Å². The zero-order valence-corrected chi connectivity index (χ0v) is 15.1. The van der Waals surface area contributed by atoms with E-state index in [1.54, 1.807) is 0 Å². The second-order valence-corrected chi connectivity index (χ2v) is 8.05. The van der Waals surface area contributed by atoms with E-state index in [1.807, 2.05) is 0 Å². The van der Waals surface area contributed by atoms with Crippen LogP contribution in [0, 0.1) is 5.82 Å². The minimum absolute atomic E-state index is 0.0809. The molecule has 0 atom stereocenters. The number of benzene rings is 2. The number of carboxylic acid groups (broad SMARTS) is 1. The smallest absolute Gasteiger partial charge is 0.322 e. The zero-order valence-electron chi connectivity index (χ0n) is 13.5. The largest absolute Gasteiger partial charge is 0.480 e. The lowest BCUT2D eigenvalue weighted by Gasteiger charge is -2.04. The Morgan fingerprint density at radius 3 is 2.52 bits per heavy atom. The van der Waals surface area contributed by atoms with Crippen LogP contribution in [0.4, 0.5) is 9.52 Å². The fraction of sp³-hybridized carbons (Fsp3) is 0.0625. The monoisotopic (exact) mass is 409 g/mol. The molecule has 0 aliphatic rings. The third-order valence-corrected chi connectivity index (χ3v) is 5.81. The number of fused-ring (bicyclic) bond motifs is 1. The number of rotatable bonds is 6. The molecular weight excluding hydrogens is 397 g/mol. The molecule has 0 radical (unpaired) electrons. The van der Waals surface area contributed by atoms with Gasteiger partial charge < -0.3 is 10.4 Å². The lowest BCUT2D eigenvalue weighted by molar-refractivity contribution is -0.135. The van der Waals surface area contributed by atoms with Gasteiger partial charge in [-0.2, -0.15) is 0 Å². The second kappa shape index (κ2) is 7.29. The maximum atomic E-state index is 13.0. The van der Waals surface area contributed by atoms with Gasteiger partial charge in [0.1, 0.15) is 12.4 Å². The van der Waals surface area contributed by atoms with E-state index in [0.29, 0.717) is 10.2 Å². The summed E-state index contributed by atoms with van der Waals surface area (Å²) in [6.07, 6.45) is 0. The third-order valence-electron chi connectivity index (χ3n) is 3.40. The summed E-state index contributed by atoms with van der Waals surface area (Å²) >= 11 is 1.01. The molecule has 0 aliphatic carbocycles. The van der Waals surface area contributed by atoms with Crippen LogP contribution in [0.5, 0.6) is 0 Å². The van der Waals surface area contributed by atoms with E-state index in [2.05, 4.69) is 15.0 Å². The molecule has 140 valence electrons. The van der Waals surface area contributed by atoms with Crippen LogP contribution in [0.15, 0.2) is 47.4 Å². The fourth-order valence-corrected chi connectivity index (χ4v) is 4.30. The van der Waals surface area contributed by atoms with Crippen molar-refractivity contribution in [3.63, 3.8) is 0 Å². The number of sulfonamides is 1. The SMILES string of the molecule is O=C(O)CNC(=O)c1ccc2nc(NS(=O)(=O)c3ccc(F)cc3)sc2c1. The normalized spacial score (nSPS) is 11.3. The lowest BCUT2D eigenvalue weighted by Crippen LogP contribution is -2.29. The van der Waals surface area contributed by atoms with Crippen LogP contribution in [0.25, 0.3) is 10.2 Å². The Balaban J connectivity index is 1.83. The van der Waals surface area contributed by atoms with Crippen LogP contribution in [0.3, 0.4) is 0 Å². The van der Waals surface area contributed by atoms with E-state index in [4.69, 9.17) is 5.11 Å². The number of hydrogen-bond acceptors (Lipinski definition) is 6. The van der Waals surface area contributed by atoms with Gasteiger partial charge in [-0.1, -0.05) is 11.3 Å². The molecule has 3 rings (SSSR count). The van der Waals surface area contributed by atoms with Gasteiger partial charge in [0.2, 0.25) is 0 Å². The van der Waals surface area contributed by atoms with Crippen molar-refractivity contribution in [1.29, 1.82) is 0 Å². The predicted octanol–water partition coefficient (Wildman–Crippen LogP) is 2.05. The number of nitrogens with one attached hydrogen (secondary N) is 2. The van der Waals surface area contributed by atoms with Gasteiger partial charge in [0.05, 0.1) is 15.1 Å². The maximum Gasteiger partial charge on any atom is 0.322 e. The molecule has 0 saturated heterocycles. The summed E-state index contributed by atoms with van der Waals surface area (Å²) < 4.78 is 40.5. The molecular formula is C16H12FN3O5S2. The average molecular weight is 409 g/mol. The van der Waals surface area contributed by atoms with Crippen LogP contribution in [-0.2, 0) is 14.8 Å². The van der Waals surface area contributed by atoms with E-state index in [-0.39, 0.29) is 15.6 Å². The number of anilines is 1. The number of carbonyl (C=O) groups is 2. The van der Waals surface area contributed by atoms with Crippen LogP contribution in [0.2, 0.25) is 0 Å². The molecule has 1 amide bonds. The molecule has 0 aliphatic heterocycles. The van der Waals surface area contributed by atoms with Crippen LogP contribution in [-0.4, -0.2) is 36.9 Å². The topological polar surface area (TPSA) is 125 Å². The number of carbonyl (C=O) groups excluding carboxylic acids is 1. The number of halogens is 1. The number of aromatic nitrogens is 1. The van der Waals surface area contributed by atoms with Gasteiger partial charge in [-0.25, -0.2) is 17.8 Å². The van der Waals surface area contributed by atoms with E-state index in [9.17, 15) is 22.4 Å². The first kappa shape index (κ1) is 18.7. The van der Waals surface area contributed by atoms with Crippen molar-refractivity contribution in [3.8, 4) is 0 Å². The van der Waals surface area contributed by atoms with E-state index < -0.39 is 34.3 Å². The van der Waals surface area contributed by atoms with Crippen molar-refractivity contribution in [2.75, 3.05) is 11.3 Å². The quantitative estimate of drug-likeness (QED) is 0.572. The summed E-state index contributed by atoms with van der Waals surface area (Å²) in [6.45, 7) is -0.512. The summed E-state index contributed by atoms with van der Waals surface area (Å²) in [5.74, 6) is -2.29.